The summed E-state index contributed by atoms with van der Waals surface area (Å²) in [6.45, 7) is 1.85. The highest BCUT2D eigenvalue weighted by molar-refractivity contribution is 7.71. The topological polar surface area (TPSA) is 28.7 Å². The number of aromatic amines is 1. The summed E-state index contributed by atoms with van der Waals surface area (Å²) in [5, 5.41) is 0. The fourth-order valence-corrected chi connectivity index (χ4v) is 1.68. The zero-order chi connectivity index (χ0) is 10.8. The first kappa shape index (κ1) is 9.98. The molecule has 1 N–H and O–H groups in total. The van der Waals surface area contributed by atoms with Gasteiger partial charge in [0.05, 0.1) is 6.33 Å². The number of rotatable bonds is 1. The van der Waals surface area contributed by atoms with Crippen molar-refractivity contribution in [1.29, 1.82) is 0 Å². The maximum Gasteiger partial charge on any atom is 0.123 e. The molecule has 0 aliphatic heterocycles. The maximum absolute atomic E-state index is 12.9. The van der Waals surface area contributed by atoms with E-state index >= 15 is 0 Å². The SMILES string of the molecule is Cc1cc(F)ccc1-c1cnc[nH]c1=S. The van der Waals surface area contributed by atoms with Crippen LogP contribution in [0.2, 0.25) is 0 Å². The second-order valence-electron chi connectivity index (χ2n) is 3.25. The lowest BCUT2D eigenvalue weighted by Gasteiger charge is -2.05. The van der Waals surface area contributed by atoms with Crippen LogP contribution in [0.1, 0.15) is 5.56 Å². The van der Waals surface area contributed by atoms with E-state index in [0.29, 0.717) is 4.64 Å². The lowest BCUT2D eigenvalue weighted by atomic mass is 10.0. The van der Waals surface area contributed by atoms with E-state index in [1.165, 1.54) is 18.5 Å². The van der Waals surface area contributed by atoms with Crippen molar-refractivity contribution in [3.8, 4) is 11.1 Å². The summed E-state index contributed by atoms with van der Waals surface area (Å²) in [5.74, 6) is -0.241. The molecule has 1 heterocycles. The smallest absolute Gasteiger partial charge is 0.123 e. The Hall–Kier alpha value is -1.55. The quantitative estimate of drug-likeness (QED) is 0.747. The minimum atomic E-state index is -0.241. The predicted octanol–water partition coefficient (Wildman–Crippen LogP) is 3.25. The van der Waals surface area contributed by atoms with Crippen molar-refractivity contribution in [2.45, 2.75) is 6.92 Å². The maximum atomic E-state index is 12.9. The van der Waals surface area contributed by atoms with Gasteiger partial charge in [0.25, 0.3) is 0 Å². The van der Waals surface area contributed by atoms with Crippen molar-refractivity contribution in [3.05, 3.63) is 46.7 Å². The number of nitrogens with zero attached hydrogens (tertiary/aromatic N) is 1. The van der Waals surface area contributed by atoms with Gasteiger partial charge in [-0.1, -0.05) is 18.3 Å². The Morgan fingerprint density at radius 1 is 1.33 bits per heavy atom. The zero-order valence-corrected chi connectivity index (χ0v) is 8.94. The Bertz CT molecular complexity index is 548. The van der Waals surface area contributed by atoms with Crippen LogP contribution in [0.25, 0.3) is 11.1 Å². The van der Waals surface area contributed by atoms with Gasteiger partial charge in [0, 0.05) is 11.8 Å². The second-order valence-corrected chi connectivity index (χ2v) is 3.66. The molecule has 0 saturated carbocycles. The van der Waals surface area contributed by atoms with Crippen LogP contribution >= 0.6 is 12.2 Å². The largest absolute Gasteiger partial charge is 0.337 e. The van der Waals surface area contributed by atoms with E-state index in [9.17, 15) is 4.39 Å². The first-order valence-corrected chi connectivity index (χ1v) is 4.88. The average Bonchev–Trinajstić information content (AvgIpc) is 2.20. The number of hydrogen-bond donors (Lipinski definition) is 1. The highest BCUT2D eigenvalue weighted by Crippen LogP contribution is 2.23. The highest BCUT2D eigenvalue weighted by atomic mass is 32.1. The summed E-state index contributed by atoms with van der Waals surface area (Å²) in [6, 6.07) is 4.62. The highest BCUT2D eigenvalue weighted by Gasteiger charge is 2.04. The molecule has 0 bridgehead atoms. The van der Waals surface area contributed by atoms with Gasteiger partial charge in [0.2, 0.25) is 0 Å². The van der Waals surface area contributed by atoms with Crippen molar-refractivity contribution in [1.82, 2.24) is 9.97 Å². The Labute approximate surface area is 91.8 Å². The van der Waals surface area contributed by atoms with Gasteiger partial charge in [-0.3, -0.25) is 0 Å². The van der Waals surface area contributed by atoms with Crippen molar-refractivity contribution >= 4 is 12.2 Å². The summed E-state index contributed by atoms with van der Waals surface area (Å²) >= 11 is 5.14. The van der Waals surface area contributed by atoms with E-state index in [-0.39, 0.29) is 5.82 Å². The molecule has 0 radical (unpaired) electrons. The van der Waals surface area contributed by atoms with E-state index in [2.05, 4.69) is 9.97 Å². The lowest BCUT2D eigenvalue weighted by molar-refractivity contribution is 0.627. The van der Waals surface area contributed by atoms with Gasteiger partial charge in [-0.2, -0.15) is 0 Å². The molecule has 1 aromatic heterocycles. The molecule has 0 fully saturated rings. The van der Waals surface area contributed by atoms with Crippen LogP contribution in [0, 0.1) is 17.4 Å². The number of nitrogens with one attached hydrogen (secondary N) is 1. The van der Waals surface area contributed by atoms with Gasteiger partial charge in [-0.25, -0.2) is 9.37 Å². The lowest BCUT2D eigenvalue weighted by Crippen LogP contribution is -1.89. The molecule has 2 aromatic rings. The fourth-order valence-electron chi connectivity index (χ4n) is 1.47. The molecule has 0 spiro atoms. The summed E-state index contributed by atoms with van der Waals surface area (Å²) in [7, 11) is 0. The van der Waals surface area contributed by atoms with Crippen LogP contribution in [0.15, 0.2) is 30.7 Å². The van der Waals surface area contributed by atoms with E-state index in [1.54, 1.807) is 12.3 Å². The Morgan fingerprint density at radius 2 is 2.13 bits per heavy atom. The number of halogens is 1. The van der Waals surface area contributed by atoms with Gasteiger partial charge >= 0.3 is 0 Å². The third-order valence-electron chi connectivity index (χ3n) is 2.20. The number of aromatic nitrogens is 2. The Morgan fingerprint density at radius 3 is 2.80 bits per heavy atom. The van der Waals surface area contributed by atoms with E-state index < -0.39 is 0 Å². The summed E-state index contributed by atoms with van der Waals surface area (Å²) < 4.78 is 13.5. The molecular formula is C11H9FN2S. The van der Waals surface area contributed by atoms with Gasteiger partial charge in [-0.15, -0.1) is 0 Å². The van der Waals surface area contributed by atoms with Crippen molar-refractivity contribution in [2.75, 3.05) is 0 Å². The molecular weight excluding hydrogens is 211 g/mol. The molecule has 0 saturated heterocycles. The van der Waals surface area contributed by atoms with E-state index in [1.807, 2.05) is 6.92 Å². The molecule has 0 aliphatic carbocycles. The summed E-state index contributed by atoms with van der Waals surface area (Å²) in [4.78, 5) is 6.82. The fraction of sp³-hybridized carbons (Fsp3) is 0.0909. The molecule has 1 aromatic carbocycles. The first-order valence-electron chi connectivity index (χ1n) is 4.47. The molecule has 76 valence electrons. The third kappa shape index (κ3) is 1.94. The van der Waals surface area contributed by atoms with Crippen LogP contribution in [-0.4, -0.2) is 9.97 Å². The van der Waals surface area contributed by atoms with E-state index in [0.717, 1.165) is 16.7 Å². The number of H-pyrrole nitrogens is 1. The Kier molecular flexibility index (Phi) is 2.60. The summed E-state index contributed by atoms with van der Waals surface area (Å²) in [6.07, 6.45) is 3.21. The molecule has 0 amide bonds. The van der Waals surface area contributed by atoms with Crippen molar-refractivity contribution < 1.29 is 4.39 Å². The van der Waals surface area contributed by atoms with Gasteiger partial charge < -0.3 is 4.98 Å². The average molecular weight is 220 g/mol. The second kappa shape index (κ2) is 3.90. The van der Waals surface area contributed by atoms with E-state index in [4.69, 9.17) is 12.2 Å². The Balaban J connectivity index is 2.65. The number of hydrogen-bond acceptors (Lipinski definition) is 2. The minimum absolute atomic E-state index is 0.241. The molecule has 0 aliphatic rings. The zero-order valence-electron chi connectivity index (χ0n) is 8.12. The third-order valence-corrected chi connectivity index (χ3v) is 2.53. The molecule has 15 heavy (non-hydrogen) atoms. The van der Waals surface area contributed by atoms with Crippen LogP contribution in [-0.2, 0) is 0 Å². The normalized spacial score (nSPS) is 10.3. The van der Waals surface area contributed by atoms with Crippen molar-refractivity contribution in [2.24, 2.45) is 0 Å². The van der Waals surface area contributed by atoms with Crippen LogP contribution in [0.3, 0.4) is 0 Å². The number of aryl methyl sites for hydroxylation is 1. The van der Waals surface area contributed by atoms with Gasteiger partial charge in [0.15, 0.2) is 0 Å². The van der Waals surface area contributed by atoms with Crippen LogP contribution in [0.4, 0.5) is 4.39 Å². The standard InChI is InChI=1S/C11H9FN2S/c1-7-4-8(12)2-3-9(7)10-5-13-6-14-11(10)15/h2-6H,1H3,(H,13,14,15). The molecule has 2 nitrogen and oxygen atoms in total. The predicted molar refractivity (Wildman–Crippen MR) is 59.6 cm³/mol. The van der Waals surface area contributed by atoms with Crippen LogP contribution < -0.4 is 0 Å². The summed E-state index contributed by atoms with van der Waals surface area (Å²) in [5.41, 5.74) is 2.58. The number of benzene rings is 1. The first-order chi connectivity index (χ1) is 7.18. The monoisotopic (exact) mass is 220 g/mol. The molecule has 0 atom stereocenters. The van der Waals surface area contributed by atoms with Crippen molar-refractivity contribution in [3.63, 3.8) is 0 Å². The minimum Gasteiger partial charge on any atom is -0.337 e. The van der Waals surface area contributed by atoms with Gasteiger partial charge in [0.1, 0.15) is 10.5 Å². The van der Waals surface area contributed by atoms with Gasteiger partial charge in [-0.05, 0) is 30.2 Å². The molecule has 2 rings (SSSR count). The molecule has 0 unspecified atom stereocenters. The van der Waals surface area contributed by atoms with Crippen LogP contribution in [0.5, 0.6) is 0 Å². The molecule has 4 heteroatoms.